The van der Waals surface area contributed by atoms with Crippen LogP contribution in [0.4, 0.5) is 4.79 Å². The Morgan fingerprint density at radius 2 is 2.27 bits per heavy atom. The van der Waals surface area contributed by atoms with Gasteiger partial charge in [-0.15, -0.1) is 0 Å². The van der Waals surface area contributed by atoms with Gasteiger partial charge in [0.25, 0.3) is 0 Å². The van der Waals surface area contributed by atoms with Gasteiger partial charge in [-0.2, -0.15) is 0 Å². The van der Waals surface area contributed by atoms with E-state index in [9.17, 15) is 4.79 Å². The summed E-state index contributed by atoms with van der Waals surface area (Å²) in [7, 11) is 0. The monoisotopic (exact) mass is 211 g/mol. The molecule has 1 heterocycles. The molecule has 5 nitrogen and oxygen atoms in total. The van der Waals surface area contributed by atoms with Crippen LogP contribution in [0.2, 0.25) is 0 Å². The first-order chi connectivity index (χ1) is 6.88. The molecule has 0 saturated heterocycles. The first-order valence-corrected chi connectivity index (χ1v) is 4.86. The van der Waals surface area contributed by atoms with Gasteiger partial charge in [0.1, 0.15) is 11.4 Å². The van der Waals surface area contributed by atoms with E-state index >= 15 is 0 Å². The lowest BCUT2D eigenvalue weighted by atomic mass is 10.2. The average Bonchev–Trinajstić information content (AvgIpc) is 2.50. The zero-order chi connectivity index (χ0) is 11.5. The highest BCUT2D eigenvalue weighted by atomic mass is 16.6. The number of carbonyl (C=O) groups excluding carboxylic acids is 1. The molecule has 84 valence electrons. The summed E-state index contributed by atoms with van der Waals surface area (Å²) in [5.41, 5.74) is -0.0586. The third kappa shape index (κ3) is 4.01. The van der Waals surface area contributed by atoms with Crippen molar-refractivity contribution in [3.63, 3.8) is 0 Å². The summed E-state index contributed by atoms with van der Waals surface area (Å²) in [5, 5.41) is 5.53. The molecule has 0 spiro atoms. The topological polar surface area (TPSA) is 62.7 Å². The first kappa shape index (κ1) is 11.6. The molecule has 0 saturated carbocycles. The number of nitrogens with zero attached hydrogens (tertiary/aromatic N) is 1. The molecule has 1 rings (SSSR count). The van der Waals surface area contributed by atoms with Crippen molar-refractivity contribution in [2.24, 2.45) is 4.99 Å². The molecular weight excluding hydrogens is 194 g/mol. The fourth-order valence-corrected chi connectivity index (χ4v) is 1.09. The summed E-state index contributed by atoms with van der Waals surface area (Å²) in [6.45, 7) is 10.6. The Balaban J connectivity index is 2.41. The van der Waals surface area contributed by atoms with Crippen LogP contribution in [0.5, 0.6) is 0 Å². The number of ether oxygens (including phenoxy) is 1. The second-order valence-corrected chi connectivity index (χ2v) is 4.26. The van der Waals surface area contributed by atoms with Crippen LogP contribution in [-0.2, 0) is 4.74 Å². The van der Waals surface area contributed by atoms with E-state index in [0.717, 1.165) is 6.54 Å². The van der Waals surface area contributed by atoms with Gasteiger partial charge in [-0.3, -0.25) is 10.3 Å². The molecule has 0 unspecified atom stereocenters. The summed E-state index contributed by atoms with van der Waals surface area (Å²) in [6, 6.07) is 0. The molecule has 2 N–H and O–H groups in total. The van der Waals surface area contributed by atoms with Crippen LogP contribution in [0.15, 0.2) is 17.3 Å². The van der Waals surface area contributed by atoms with Gasteiger partial charge in [-0.25, -0.2) is 4.79 Å². The van der Waals surface area contributed by atoms with Crippen molar-refractivity contribution in [1.29, 1.82) is 0 Å². The third-order valence-electron chi connectivity index (χ3n) is 1.61. The normalized spacial score (nSPS) is 15.3. The molecule has 0 fully saturated rings. The molecule has 0 aromatic rings. The largest absolute Gasteiger partial charge is 0.444 e. The smallest absolute Gasteiger partial charge is 0.412 e. The van der Waals surface area contributed by atoms with Gasteiger partial charge in [0.15, 0.2) is 0 Å². The number of alkyl carbamates (subject to hydrolysis) is 1. The molecule has 15 heavy (non-hydrogen) atoms. The molecule has 5 heteroatoms. The number of hydrogen-bond donors (Lipinski definition) is 2. The number of amidine groups is 1. The van der Waals surface area contributed by atoms with E-state index in [2.05, 4.69) is 22.2 Å². The van der Waals surface area contributed by atoms with Crippen LogP contribution < -0.4 is 10.6 Å². The second-order valence-electron chi connectivity index (χ2n) is 4.26. The Bertz CT molecular complexity index is 302. The summed E-state index contributed by atoms with van der Waals surface area (Å²) in [5.74, 6) is 0.626. The molecule has 1 amide bonds. The van der Waals surface area contributed by atoms with E-state index in [1.165, 1.54) is 0 Å². The van der Waals surface area contributed by atoms with Gasteiger partial charge in [0.2, 0.25) is 0 Å². The highest BCUT2D eigenvalue weighted by Crippen LogP contribution is 2.07. The number of amides is 1. The number of carbonyl (C=O) groups is 1. The third-order valence-corrected chi connectivity index (χ3v) is 1.61. The van der Waals surface area contributed by atoms with Crippen LogP contribution in [-0.4, -0.2) is 30.6 Å². The maximum atomic E-state index is 11.3. The fraction of sp³-hybridized carbons (Fsp3) is 0.600. The second kappa shape index (κ2) is 4.33. The standard InChI is InChI=1S/C10H17N3O2/c1-7(8-11-5-6-12-8)13-9(14)15-10(2,3)4/h1,5-6H2,2-4H3,(H,11,12)(H,13,14). The Morgan fingerprint density at radius 1 is 1.60 bits per heavy atom. The van der Waals surface area contributed by atoms with Gasteiger partial charge in [0, 0.05) is 6.54 Å². The molecule has 1 aliphatic rings. The Hall–Kier alpha value is -1.52. The minimum absolute atomic E-state index is 0.446. The van der Waals surface area contributed by atoms with Gasteiger partial charge in [-0.05, 0) is 20.8 Å². The minimum Gasteiger partial charge on any atom is -0.444 e. The summed E-state index contributed by atoms with van der Waals surface area (Å²) < 4.78 is 5.07. The van der Waals surface area contributed by atoms with E-state index in [-0.39, 0.29) is 0 Å². The van der Waals surface area contributed by atoms with Crippen molar-refractivity contribution in [2.45, 2.75) is 26.4 Å². The van der Waals surface area contributed by atoms with Gasteiger partial charge >= 0.3 is 6.09 Å². The zero-order valence-corrected chi connectivity index (χ0v) is 9.39. The lowest BCUT2D eigenvalue weighted by Crippen LogP contribution is -2.36. The molecule has 0 bridgehead atoms. The van der Waals surface area contributed by atoms with Crippen molar-refractivity contribution < 1.29 is 9.53 Å². The highest BCUT2D eigenvalue weighted by molar-refractivity contribution is 6.00. The molecule has 0 aromatic carbocycles. The fourth-order valence-electron chi connectivity index (χ4n) is 1.09. The Kier molecular flexibility index (Phi) is 3.34. The zero-order valence-electron chi connectivity index (χ0n) is 9.39. The molecule has 0 aromatic heterocycles. The summed E-state index contributed by atoms with van der Waals surface area (Å²) in [4.78, 5) is 15.5. The molecule has 0 radical (unpaired) electrons. The summed E-state index contributed by atoms with van der Waals surface area (Å²) in [6.07, 6.45) is -0.510. The maximum absolute atomic E-state index is 11.3. The van der Waals surface area contributed by atoms with E-state index in [1.807, 2.05) is 0 Å². The van der Waals surface area contributed by atoms with Crippen LogP contribution in [0.25, 0.3) is 0 Å². The predicted molar refractivity (Wildman–Crippen MR) is 58.8 cm³/mol. The van der Waals surface area contributed by atoms with Crippen LogP contribution in [0.3, 0.4) is 0 Å². The first-order valence-electron chi connectivity index (χ1n) is 4.86. The predicted octanol–water partition coefficient (Wildman–Crippen LogP) is 1.03. The van der Waals surface area contributed by atoms with E-state index < -0.39 is 11.7 Å². The lowest BCUT2D eigenvalue weighted by molar-refractivity contribution is 0.0549. The van der Waals surface area contributed by atoms with Crippen molar-refractivity contribution in [3.8, 4) is 0 Å². The SMILES string of the molecule is C=C(NC(=O)OC(C)(C)C)C1=NCCN1. The minimum atomic E-state index is -0.510. The number of rotatable bonds is 2. The quantitative estimate of drug-likeness (QED) is 0.717. The van der Waals surface area contributed by atoms with Crippen molar-refractivity contribution in [3.05, 3.63) is 12.3 Å². The van der Waals surface area contributed by atoms with E-state index in [1.54, 1.807) is 20.8 Å². The van der Waals surface area contributed by atoms with Gasteiger partial charge in [-0.1, -0.05) is 6.58 Å². The lowest BCUT2D eigenvalue weighted by Gasteiger charge is -2.20. The van der Waals surface area contributed by atoms with Crippen molar-refractivity contribution in [2.75, 3.05) is 13.1 Å². The number of hydrogen-bond acceptors (Lipinski definition) is 4. The van der Waals surface area contributed by atoms with Crippen LogP contribution >= 0.6 is 0 Å². The molecule has 0 atom stereocenters. The van der Waals surface area contributed by atoms with Crippen molar-refractivity contribution >= 4 is 11.9 Å². The van der Waals surface area contributed by atoms with E-state index in [0.29, 0.717) is 18.1 Å². The molecule has 1 aliphatic heterocycles. The van der Waals surface area contributed by atoms with E-state index in [4.69, 9.17) is 4.74 Å². The van der Waals surface area contributed by atoms with Gasteiger partial charge in [0.05, 0.1) is 12.2 Å². The number of aliphatic imine (C=N–C) groups is 1. The highest BCUT2D eigenvalue weighted by Gasteiger charge is 2.18. The van der Waals surface area contributed by atoms with Crippen LogP contribution in [0, 0.1) is 0 Å². The molecule has 0 aliphatic carbocycles. The maximum Gasteiger partial charge on any atom is 0.412 e. The summed E-state index contributed by atoms with van der Waals surface area (Å²) >= 11 is 0. The van der Waals surface area contributed by atoms with Gasteiger partial charge < -0.3 is 10.1 Å². The number of nitrogens with one attached hydrogen (secondary N) is 2. The van der Waals surface area contributed by atoms with Crippen molar-refractivity contribution in [1.82, 2.24) is 10.6 Å². The molecular formula is C10H17N3O2. The Labute approximate surface area is 89.6 Å². The Morgan fingerprint density at radius 3 is 2.73 bits per heavy atom. The average molecular weight is 211 g/mol. The van der Waals surface area contributed by atoms with Crippen LogP contribution in [0.1, 0.15) is 20.8 Å².